The number of fused-ring (bicyclic) bond motifs is 1. The van der Waals surface area contributed by atoms with Crippen molar-refractivity contribution in [1.29, 1.82) is 0 Å². The number of benzene rings is 2. The summed E-state index contributed by atoms with van der Waals surface area (Å²) in [5, 5.41) is 0.989. The standard InChI is InChI=1S/C18H14INO/c1-2-11-20-12-16(15-5-3-4-6-17(15)20)18(21)13-7-9-14(19)10-8-13/h2-10,12H,1,11H2. The molecule has 0 N–H and O–H groups in total. The third kappa shape index (κ3) is 2.65. The molecule has 0 aliphatic heterocycles. The summed E-state index contributed by atoms with van der Waals surface area (Å²) >= 11 is 2.24. The molecule has 0 bridgehead atoms. The largest absolute Gasteiger partial charge is 0.343 e. The van der Waals surface area contributed by atoms with Crippen molar-refractivity contribution in [2.75, 3.05) is 0 Å². The van der Waals surface area contributed by atoms with E-state index < -0.39 is 0 Å². The summed E-state index contributed by atoms with van der Waals surface area (Å²) in [6.45, 7) is 4.47. The average molecular weight is 387 g/mol. The predicted octanol–water partition coefficient (Wildman–Crippen LogP) is 4.66. The zero-order valence-electron chi connectivity index (χ0n) is 11.4. The molecule has 0 fully saturated rings. The number of para-hydroxylation sites is 1. The molecule has 3 aromatic rings. The van der Waals surface area contributed by atoms with Gasteiger partial charge in [0.15, 0.2) is 5.78 Å². The molecule has 0 spiro atoms. The first-order valence-electron chi connectivity index (χ1n) is 6.70. The van der Waals surface area contributed by atoms with Crippen LogP contribution in [0.15, 0.2) is 67.4 Å². The maximum absolute atomic E-state index is 12.7. The van der Waals surface area contributed by atoms with E-state index in [1.165, 1.54) is 0 Å². The Labute approximate surface area is 137 Å². The monoisotopic (exact) mass is 387 g/mol. The van der Waals surface area contributed by atoms with Gasteiger partial charge in [-0.25, -0.2) is 0 Å². The third-order valence-corrected chi connectivity index (χ3v) is 4.18. The summed E-state index contributed by atoms with van der Waals surface area (Å²) < 4.78 is 3.18. The van der Waals surface area contributed by atoms with Crippen LogP contribution in [-0.2, 0) is 6.54 Å². The predicted molar refractivity (Wildman–Crippen MR) is 94.7 cm³/mol. The third-order valence-electron chi connectivity index (χ3n) is 3.47. The van der Waals surface area contributed by atoms with Crippen LogP contribution < -0.4 is 0 Å². The van der Waals surface area contributed by atoms with Crippen LogP contribution in [-0.4, -0.2) is 10.4 Å². The molecule has 0 saturated heterocycles. The van der Waals surface area contributed by atoms with E-state index in [4.69, 9.17) is 0 Å². The topological polar surface area (TPSA) is 22.0 Å². The highest BCUT2D eigenvalue weighted by Gasteiger charge is 2.15. The van der Waals surface area contributed by atoms with Gasteiger partial charge in [0.05, 0.1) is 0 Å². The summed E-state index contributed by atoms with van der Waals surface area (Å²) in [7, 11) is 0. The fraction of sp³-hybridized carbons (Fsp3) is 0.0556. The van der Waals surface area contributed by atoms with Crippen LogP contribution in [0, 0.1) is 3.57 Å². The second kappa shape index (κ2) is 5.85. The number of hydrogen-bond donors (Lipinski definition) is 0. The fourth-order valence-electron chi connectivity index (χ4n) is 2.47. The van der Waals surface area contributed by atoms with Gasteiger partial charge < -0.3 is 4.57 Å². The molecular formula is C18H14INO. The minimum Gasteiger partial charge on any atom is -0.343 e. The van der Waals surface area contributed by atoms with Crippen molar-refractivity contribution < 1.29 is 4.79 Å². The summed E-state index contributed by atoms with van der Waals surface area (Å²) in [5.74, 6) is 0.0606. The summed E-state index contributed by atoms with van der Waals surface area (Å²) in [5.41, 5.74) is 2.52. The van der Waals surface area contributed by atoms with Gasteiger partial charge in [0.2, 0.25) is 0 Å². The second-order valence-corrected chi connectivity index (χ2v) is 6.08. The lowest BCUT2D eigenvalue weighted by molar-refractivity contribution is 0.104. The van der Waals surface area contributed by atoms with E-state index in [2.05, 4.69) is 33.7 Å². The van der Waals surface area contributed by atoms with Gasteiger partial charge in [0, 0.05) is 38.3 Å². The number of nitrogens with zero attached hydrogens (tertiary/aromatic N) is 1. The Balaban J connectivity index is 2.13. The summed E-state index contributed by atoms with van der Waals surface area (Å²) in [4.78, 5) is 12.7. The smallest absolute Gasteiger partial charge is 0.195 e. The molecule has 3 rings (SSSR count). The quantitative estimate of drug-likeness (QED) is 0.363. The molecule has 0 radical (unpaired) electrons. The minimum atomic E-state index is 0.0606. The van der Waals surface area contributed by atoms with E-state index in [1.807, 2.05) is 60.8 Å². The van der Waals surface area contributed by atoms with E-state index in [-0.39, 0.29) is 5.78 Å². The number of ketones is 1. The Morgan fingerprint density at radius 2 is 1.86 bits per heavy atom. The minimum absolute atomic E-state index is 0.0606. The normalized spacial score (nSPS) is 10.7. The van der Waals surface area contributed by atoms with Crippen molar-refractivity contribution in [1.82, 2.24) is 4.57 Å². The highest BCUT2D eigenvalue weighted by atomic mass is 127. The van der Waals surface area contributed by atoms with Crippen molar-refractivity contribution in [3.8, 4) is 0 Å². The number of rotatable bonds is 4. The Hall–Kier alpha value is -1.88. The van der Waals surface area contributed by atoms with Gasteiger partial charge >= 0.3 is 0 Å². The van der Waals surface area contributed by atoms with Gasteiger partial charge in [0.25, 0.3) is 0 Å². The van der Waals surface area contributed by atoms with Crippen LogP contribution in [0.5, 0.6) is 0 Å². The van der Waals surface area contributed by atoms with E-state index in [9.17, 15) is 4.79 Å². The molecule has 0 saturated carbocycles. The van der Waals surface area contributed by atoms with E-state index >= 15 is 0 Å². The Morgan fingerprint density at radius 3 is 2.57 bits per heavy atom. The lowest BCUT2D eigenvalue weighted by Gasteiger charge is -2.00. The Kier molecular flexibility index (Phi) is 3.92. The Morgan fingerprint density at radius 1 is 1.14 bits per heavy atom. The van der Waals surface area contributed by atoms with Gasteiger partial charge in [-0.15, -0.1) is 6.58 Å². The van der Waals surface area contributed by atoms with Crippen molar-refractivity contribution >= 4 is 39.3 Å². The van der Waals surface area contributed by atoms with E-state index in [1.54, 1.807) is 0 Å². The molecule has 2 nitrogen and oxygen atoms in total. The second-order valence-electron chi connectivity index (χ2n) is 4.84. The molecule has 2 aromatic carbocycles. The molecule has 0 unspecified atom stereocenters. The lowest BCUT2D eigenvalue weighted by atomic mass is 10.0. The molecule has 0 atom stereocenters. The zero-order valence-corrected chi connectivity index (χ0v) is 13.6. The van der Waals surface area contributed by atoms with Gasteiger partial charge in [-0.1, -0.05) is 24.3 Å². The van der Waals surface area contributed by atoms with E-state index in [0.29, 0.717) is 6.54 Å². The Bertz CT molecular complexity index is 815. The van der Waals surface area contributed by atoms with Crippen molar-refractivity contribution in [3.05, 3.63) is 82.1 Å². The number of carbonyl (C=O) groups is 1. The highest BCUT2D eigenvalue weighted by molar-refractivity contribution is 14.1. The van der Waals surface area contributed by atoms with Crippen molar-refractivity contribution in [2.45, 2.75) is 6.54 Å². The van der Waals surface area contributed by atoms with Crippen molar-refractivity contribution in [2.24, 2.45) is 0 Å². The number of carbonyl (C=O) groups excluding carboxylic acids is 1. The number of allylic oxidation sites excluding steroid dienone is 1. The van der Waals surface area contributed by atoms with Crippen molar-refractivity contribution in [3.63, 3.8) is 0 Å². The van der Waals surface area contributed by atoms with Gasteiger partial charge in [-0.2, -0.15) is 0 Å². The molecule has 1 heterocycles. The van der Waals surface area contributed by atoms with Gasteiger partial charge in [-0.3, -0.25) is 4.79 Å². The van der Waals surface area contributed by atoms with Crippen LogP contribution in [0.4, 0.5) is 0 Å². The SMILES string of the molecule is C=CCn1cc(C(=O)c2ccc(I)cc2)c2ccccc21. The first-order chi connectivity index (χ1) is 10.2. The molecule has 1 aromatic heterocycles. The molecule has 104 valence electrons. The summed E-state index contributed by atoms with van der Waals surface area (Å²) in [6, 6.07) is 15.6. The van der Waals surface area contributed by atoms with Gasteiger partial charge in [-0.05, 0) is 52.9 Å². The zero-order chi connectivity index (χ0) is 14.8. The van der Waals surface area contributed by atoms with Crippen LogP contribution in [0.3, 0.4) is 0 Å². The van der Waals surface area contributed by atoms with Gasteiger partial charge in [0.1, 0.15) is 0 Å². The first-order valence-corrected chi connectivity index (χ1v) is 7.77. The molecule has 21 heavy (non-hydrogen) atoms. The molecule has 0 aliphatic carbocycles. The average Bonchev–Trinajstić information content (AvgIpc) is 2.87. The maximum atomic E-state index is 12.7. The first kappa shape index (κ1) is 14.1. The number of hydrogen-bond acceptors (Lipinski definition) is 1. The lowest BCUT2D eigenvalue weighted by Crippen LogP contribution is -2.00. The summed E-state index contributed by atoms with van der Waals surface area (Å²) in [6.07, 6.45) is 3.76. The fourth-order valence-corrected chi connectivity index (χ4v) is 2.83. The molecule has 3 heteroatoms. The molecular weight excluding hydrogens is 373 g/mol. The number of halogens is 1. The number of aromatic nitrogens is 1. The highest BCUT2D eigenvalue weighted by Crippen LogP contribution is 2.24. The van der Waals surface area contributed by atoms with Crippen LogP contribution >= 0.6 is 22.6 Å². The molecule has 0 amide bonds. The van der Waals surface area contributed by atoms with E-state index in [0.717, 1.165) is 25.6 Å². The van der Waals surface area contributed by atoms with Crippen LogP contribution in [0.2, 0.25) is 0 Å². The molecule has 0 aliphatic rings. The van der Waals surface area contributed by atoms with Crippen LogP contribution in [0.1, 0.15) is 15.9 Å². The maximum Gasteiger partial charge on any atom is 0.195 e. The van der Waals surface area contributed by atoms with Crippen LogP contribution in [0.25, 0.3) is 10.9 Å².